The monoisotopic (exact) mass is 427 g/mol. The number of rotatable bonds is 3. The minimum absolute atomic E-state index is 0. The van der Waals surface area contributed by atoms with Gasteiger partial charge in [-0.3, -0.25) is 0 Å². The van der Waals surface area contributed by atoms with Crippen LogP contribution in [0.3, 0.4) is 0 Å². The van der Waals surface area contributed by atoms with Crippen molar-refractivity contribution in [3.63, 3.8) is 0 Å². The molecule has 0 aliphatic heterocycles. The first-order valence-electron chi connectivity index (χ1n) is 2.32. The third-order valence-corrected chi connectivity index (χ3v) is 4.09. The van der Waals surface area contributed by atoms with E-state index in [0.717, 1.165) is 7.05 Å². The average molecular weight is 427 g/mol. The van der Waals surface area contributed by atoms with Crippen molar-refractivity contribution >= 4 is 15.2 Å². The smallest absolute Gasteiger partial charge is 0.811 e. The van der Waals surface area contributed by atoms with Crippen molar-refractivity contribution in [2.24, 2.45) is 0 Å². The van der Waals surface area contributed by atoms with Gasteiger partial charge in [0.2, 0.25) is 0 Å². The molecule has 0 atom stereocenters. The standard InChI is InChI=1S/C2H8NO6P2.2H2N.Pt/c1-3-2(10(4,5)6)11(7,8)9;;;/h2H,1H3,(H2,4,5,6)(H2,7,8,9);2*1H2;/q3*-1;+2/p-4. The average Bonchev–Trinajstić information content (AvgIpc) is 1.56. The Balaban J connectivity index is -0.000000167. The Morgan fingerprint density at radius 3 is 1.21 bits per heavy atom. The molecule has 0 radical (unpaired) electrons. The molecule has 0 spiro atoms. The number of hydrogen-bond acceptors (Lipinski definition) is 6. The van der Waals surface area contributed by atoms with Crippen LogP contribution in [0.4, 0.5) is 0 Å². The van der Waals surface area contributed by atoms with Gasteiger partial charge in [0.1, 0.15) is 0 Å². The third-order valence-electron chi connectivity index (χ3n) is 0.797. The molecule has 4 N–H and O–H groups in total. The Morgan fingerprint density at radius 2 is 1.21 bits per heavy atom. The molecule has 92 valence electrons. The van der Waals surface area contributed by atoms with Gasteiger partial charge in [-0.05, 0) is 0 Å². The summed E-state index contributed by atoms with van der Waals surface area (Å²) in [6.45, 7) is 0. The minimum Gasteiger partial charge on any atom is -0.811 e. The fraction of sp³-hybridized carbons (Fsp3) is 1.00. The molecular weight excluding hydrogens is 419 g/mol. The van der Waals surface area contributed by atoms with E-state index in [1.54, 1.807) is 0 Å². The van der Waals surface area contributed by atoms with E-state index < -0.39 is 20.7 Å². The van der Waals surface area contributed by atoms with Crippen molar-refractivity contribution < 1.29 is 49.8 Å². The molecular formula is C2H8N3O6P2Pt-5. The van der Waals surface area contributed by atoms with Gasteiger partial charge in [0.05, 0.1) is 0 Å². The van der Waals surface area contributed by atoms with Crippen molar-refractivity contribution in [1.29, 1.82) is 0 Å². The van der Waals surface area contributed by atoms with E-state index in [1.165, 1.54) is 0 Å². The summed E-state index contributed by atoms with van der Waals surface area (Å²) in [4.78, 5) is 40.1. The van der Waals surface area contributed by atoms with E-state index in [9.17, 15) is 28.7 Å². The zero-order valence-electron chi connectivity index (χ0n) is 6.84. The Labute approximate surface area is 95.4 Å². The molecule has 0 aliphatic rings. The van der Waals surface area contributed by atoms with E-state index in [0.29, 0.717) is 0 Å². The molecule has 0 aliphatic carbocycles. The molecule has 0 aromatic carbocycles. The molecule has 9 nitrogen and oxygen atoms in total. The van der Waals surface area contributed by atoms with Crippen molar-refractivity contribution in [2.75, 3.05) is 7.05 Å². The summed E-state index contributed by atoms with van der Waals surface area (Å²) in [6.07, 6.45) is 0. The van der Waals surface area contributed by atoms with E-state index in [-0.39, 0.29) is 33.4 Å². The van der Waals surface area contributed by atoms with E-state index in [4.69, 9.17) is 0 Å². The second-order valence-electron chi connectivity index (χ2n) is 1.68. The van der Waals surface area contributed by atoms with Crippen LogP contribution in [0.25, 0.3) is 17.6 Å². The second kappa shape index (κ2) is 8.07. The van der Waals surface area contributed by atoms with Crippen molar-refractivity contribution in [1.82, 2.24) is 0 Å². The van der Waals surface area contributed by atoms with Gasteiger partial charge in [0, 0.05) is 0 Å². The normalized spacial score (nSPS) is 11.0. The predicted molar refractivity (Wildman–Crippen MR) is 38.9 cm³/mol. The van der Waals surface area contributed by atoms with Gasteiger partial charge < -0.3 is 46.3 Å². The summed E-state index contributed by atoms with van der Waals surface area (Å²) >= 11 is 0. The molecule has 0 saturated carbocycles. The van der Waals surface area contributed by atoms with Gasteiger partial charge in [-0.25, -0.2) is 0 Å². The maximum absolute atomic E-state index is 10.0. The summed E-state index contributed by atoms with van der Waals surface area (Å²) in [6, 6.07) is 0. The Bertz CT molecular complexity index is 203. The Kier molecular flexibility index (Phi) is 14.0. The zero-order valence-corrected chi connectivity index (χ0v) is 10.9. The Morgan fingerprint density at radius 1 is 1.00 bits per heavy atom. The number of nitrogens with zero attached hydrogens (tertiary/aromatic N) is 1. The van der Waals surface area contributed by atoms with Gasteiger partial charge in [0.15, 0.2) is 0 Å². The molecule has 0 aromatic heterocycles. The quantitative estimate of drug-likeness (QED) is 0.491. The second-order valence-corrected chi connectivity index (χ2v) is 5.23. The van der Waals surface area contributed by atoms with Gasteiger partial charge >= 0.3 is 21.1 Å². The van der Waals surface area contributed by atoms with Crippen molar-refractivity contribution in [2.45, 2.75) is 5.52 Å². The van der Waals surface area contributed by atoms with E-state index >= 15 is 0 Å². The Hall–Kier alpha value is 0.868. The van der Waals surface area contributed by atoms with Gasteiger partial charge in [-0.2, -0.15) is 7.05 Å². The molecule has 0 unspecified atom stereocenters. The molecule has 0 saturated heterocycles. The van der Waals surface area contributed by atoms with Crippen LogP contribution in [0.2, 0.25) is 0 Å². The van der Waals surface area contributed by atoms with E-state index in [2.05, 4.69) is 5.32 Å². The number of nitrogens with two attached hydrogens (primary N) is 2. The molecule has 0 bridgehead atoms. The first kappa shape index (κ1) is 24.2. The molecule has 0 fully saturated rings. The first-order valence-corrected chi connectivity index (χ1v) is 5.54. The maximum atomic E-state index is 10.0. The maximum Gasteiger partial charge on any atom is 2.00 e. The molecule has 12 heteroatoms. The predicted octanol–water partition coefficient (Wildman–Crippen LogP) is -1.47. The fourth-order valence-electron chi connectivity index (χ4n) is 0.456. The van der Waals surface area contributed by atoms with Crippen LogP contribution >= 0.6 is 15.2 Å². The molecule has 0 rings (SSSR count). The van der Waals surface area contributed by atoms with Crippen LogP contribution < -0.4 is 19.6 Å². The molecule has 0 aromatic rings. The fourth-order valence-corrected chi connectivity index (χ4v) is 2.41. The zero-order chi connectivity index (χ0) is 9.28. The SMILES string of the molecule is C[N-]C(P(=O)([O-])[O-])P(=O)([O-])[O-].[NH2-].[NH2-].[Pt+2]. The summed E-state index contributed by atoms with van der Waals surface area (Å²) in [5.41, 5.74) is -2.67. The van der Waals surface area contributed by atoms with Crippen LogP contribution in [0.1, 0.15) is 0 Å². The van der Waals surface area contributed by atoms with Gasteiger partial charge in [-0.1, -0.05) is 20.7 Å². The van der Waals surface area contributed by atoms with Crippen LogP contribution in [0.15, 0.2) is 0 Å². The summed E-state index contributed by atoms with van der Waals surface area (Å²) in [7, 11) is -10.1. The topological polar surface area (TPSA) is 207 Å². The first-order chi connectivity index (χ1) is 4.69. The third kappa shape index (κ3) is 8.20. The van der Waals surface area contributed by atoms with Crippen molar-refractivity contribution in [3.05, 3.63) is 17.6 Å². The van der Waals surface area contributed by atoms with Crippen LogP contribution in [0.5, 0.6) is 0 Å². The van der Waals surface area contributed by atoms with Gasteiger partial charge in [0.25, 0.3) is 0 Å². The van der Waals surface area contributed by atoms with E-state index in [1.807, 2.05) is 0 Å². The summed E-state index contributed by atoms with van der Waals surface area (Å²) in [5, 5.41) is 2.65. The molecule has 14 heavy (non-hydrogen) atoms. The van der Waals surface area contributed by atoms with Crippen molar-refractivity contribution in [3.8, 4) is 0 Å². The van der Waals surface area contributed by atoms with Crippen LogP contribution in [-0.4, -0.2) is 12.6 Å². The largest absolute Gasteiger partial charge is 2.00 e. The van der Waals surface area contributed by atoms with Gasteiger partial charge in [-0.15, -0.1) is 0 Å². The molecule has 0 heterocycles. The van der Waals surface area contributed by atoms with Crippen LogP contribution in [0, 0.1) is 0 Å². The summed E-state index contributed by atoms with van der Waals surface area (Å²) < 4.78 is 20.0. The minimum atomic E-state index is -5.45. The number of hydrogen-bond donors (Lipinski definition) is 0. The molecule has 0 amide bonds. The summed E-state index contributed by atoms with van der Waals surface area (Å²) in [5.74, 6) is 0. The van der Waals surface area contributed by atoms with Crippen LogP contribution in [-0.2, 0) is 30.2 Å².